The van der Waals surface area contributed by atoms with E-state index in [4.69, 9.17) is 0 Å². The van der Waals surface area contributed by atoms with Gasteiger partial charge in [0.25, 0.3) is 5.91 Å². The van der Waals surface area contributed by atoms with E-state index in [1.165, 1.54) is 23.6 Å². The van der Waals surface area contributed by atoms with Crippen LogP contribution in [0.2, 0.25) is 0 Å². The van der Waals surface area contributed by atoms with Crippen molar-refractivity contribution in [1.29, 1.82) is 0 Å². The van der Waals surface area contributed by atoms with Crippen LogP contribution in [0.1, 0.15) is 10.4 Å². The number of benzene rings is 2. The average molecular weight is 349 g/mol. The molecule has 122 valence electrons. The minimum absolute atomic E-state index is 0.204. The van der Waals surface area contributed by atoms with Crippen molar-refractivity contribution in [3.63, 3.8) is 0 Å². The second-order valence-corrected chi connectivity index (χ2v) is 6.28. The molecule has 0 aliphatic carbocycles. The summed E-state index contributed by atoms with van der Waals surface area (Å²) in [6.07, 6.45) is 1.26. The molecule has 25 heavy (non-hydrogen) atoms. The first-order chi connectivity index (χ1) is 12.2. The summed E-state index contributed by atoms with van der Waals surface area (Å²) < 4.78 is 13.1. The molecule has 2 aromatic heterocycles. The summed E-state index contributed by atoms with van der Waals surface area (Å²) in [6.45, 7) is 0. The molecular weight excluding hydrogens is 337 g/mol. The number of rotatable bonds is 3. The Morgan fingerprint density at radius 2 is 1.88 bits per heavy atom. The minimum Gasteiger partial charge on any atom is -0.298 e. The van der Waals surface area contributed by atoms with Crippen molar-refractivity contribution < 1.29 is 9.18 Å². The number of carbonyl (C=O) groups is 1. The van der Waals surface area contributed by atoms with Gasteiger partial charge in [0.15, 0.2) is 5.13 Å². The standard InChI is InChI=1S/C19H12FN3OS/c20-17-10-15(7-8-21-17)18(24)23-19-22-16(11-25-19)14-6-5-12-3-1-2-4-13(12)9-14/h1-11H,(H,22,23,24). The molecule has 1 N–H and O–H groups in total. The van der Waals surface area contributed by atoms with E-state index in [-0.39, 0.29) is 5.56 Å². The van der Waals surface area contributed by atoms with Crippen molar-refractivity contribution in [1.82, 2.24) is 9.97 Å². The molecule has 0 fully saturated rings. The topological polar surface area (TPSA) is 54.9 Å². The molecule has 0 aliphatic rings. The van der Waals surface area contributed by atoms with Gasteiger partial charge in [0, 0.05) is 28.8 Å². The van der Waals surface area contributed by atoms with Crippen molar-refractivity contribution >= 4 is 33.1 Å². The molecule has 1 amide bonds. The first kappa shape index (κ1) is 15.4. The van der Waals surface area contributed by atoms with E-state index in [9.17, 15) is 9.18 Å². The second kappa shape index (κ2) is 6.41. The van der Waals surface area contributed by atoms with Gasteiger partial charge < -0.3 is 0 Å². The molecule has 0 atom stereocenters. The highest BCUT2D eigenvalue weighted by Crippen LogP contribution is 2.28. The van der Waals surface area contributed by atoms with Gasteiger partial charge in [0.1, 0.15) is 0 Å². The number of amides is 1. The Morgan fingerprint density at radius 3 is 2.72 bits per heavy atom. The number of pyridine rings is 1. The summed E-state index contributed by atoms with van der Waals surface area (Å²) in [4.78, 5) is 20.0. The fourth-order valence-corrected chi connectivity index (χ4v) is 3.24. The third kappa shape index (κ3) is 3.25. The highest BCUT2D eigenvalue weighted by molar-refractivity contribution is 7.14. The number of thiazole rings is 1. The number of hydrogen-bond donors (Lipinski definition) is 1. The van der Waals surface area contributed by atoms with Crippen molar-refractivity contribution in [3.8, 4) is 11.3 Å². The van der Waals surface area contributed by atoms with E-state index in [0.29, 0.717) is 5.13 Å². The van der Waals surface area contributed by atoms with E-state index < -0.39 is 11.9 Å². The van der Waals surface area contributed by atoms with Gasteiger partial charge in [-0.05, 0) is 22.9 Å². The first-order valence-corrected chi connectivity index (χ1v) is 8.45. The predicted octanol–water partition coefficient (Wildman–Crippen LogP) is 4.75. The average Bonchev–Trinajstić information content (AvgIpc) is 3.10. The Morgan fingerprint density at radius 1 is 1.04 bits per heavy atom. The zero-order chi connectivity index (χ0) is 17.2. The second-order valence-electron chi connectivity index (χ2n) is 5.42. The summed E-state index contributed by atoms with van der Waals surface area (Å²) >= 11 is 1.32. The fraction of sp³-hybridized carbons (Fsp3) is 0. The number of aromatic nitrogens is 2. The van der Waals surface area contributed by atoms with E-state index >= 15 is 0 Å². The van der Waals surface area contributed by atoms with Crippen LogP contribution in [0.3, 0.4) is 0 Å². The lowest BCUT2D eigenvalue weighted by molar-refractivity contribution is 0.102. The van der Waals surface area contributed by atoms with Crippen molar-refractivity contribution in [2.45, 2.75) is 0 Å². The molecular formula is C19H12FN3OS. The smallest absolute Gasteiger partial charge is 0.257 e. The van der Waals surface area contributed by atoms with Crippen LogP contribution in [-0.2, 0) is 0 Å². The van der Waals surface area contributed by atoms with Gasteiger partial charge in [-0.15, -0.1) is 11.3 Å². The molecule has 4 rings (SSSR count). The predicted molar refractivity (Wildman–Crippen MR) is 97.2 cm³/mol. The van der Waals surface area contributed by atoms with Crippen LogP contribution in [0.15, 0.2) is 66.2 Å². The quantitative estimate of drug-likeness (QED) is 0.543. The van der Waals surface area contributed by atoms with Crippen LogP contribution >= 0.6 is 11.3 Å². The minimum atomic E-state index is -0.691. The summed E-state index contributed by atoms with van der Waals surface area (Å²) in [5, 5.41) is 7.32. The van der Waals surface area contributed by atoms with E-state index in [1.807, 2.05) is 35.7 Å². The number of fused-ring (bicyclic) bond motifs is 1. The summed E-state index contributed by atoms with van der Waals surface area (Å²) in [5.41, 5.74) is 1.97. The molecule has 2 aromatic carbocycles. The van der Waals surface area contributed by atoms with Crippen LogP contribution in [0.4, 0.5) is 9.52 Å². The number of hydrogen-bond acceptors (Lipinski definition) is 4. The highest BCUT2D eigenvalue weighted by Gasteiger charge is 2.11. The Labute approximate surface area is 147 Å². The van der Waals surface area contributed by atoms with Gasteiger partial charge >= 0.3 is 0 Å². The van der Waals surface area contributed by atoms with Crippen LogP contribution in [-0.4, -0.2) is 15.9 Å². The lowest BCUT2D eigenvalue weighted by Crippen LogP contribution is -2.12. The molecule has 0 unspecified atom stereocenters. The number of anilines is 1. The summed E-state index contributed by atoms with van der Waals surface area (Å²) in [5.74, 6) is -1.11. The lowest BCUT2D eigenvalue weighted by Gasteiger charge is -2.02. The van der Waals surface area contributed by atoms with Crippen molar-refractivity contribution in [3.05, 3.63) is 77.7 Å². The van der Waals surface area contributed by atoms with Crippen molar-refractivity contribution in [2.75, 3.05) is 5.32 Å². The molecule has 4 nitrogen and oxygen atoms in total. The summed E-state index contributed by atoms with van der Waals surface area (Å²) in [7, 11) is 0. The molecule has 0 radical (unpaired) electrons. The van der Waals surface area contributed by atoms with Crippen LogP contribution in [0.25, 0.3) is 22.0 Å². The molecule has 2 heterocycles. The van der Waals surface area contributed by atoms with Gasteiger partial charge in [0.05, 0.1) is 5.69 Å². The fourth-order valence-electron chi connectivity index (χ4n) is 2.53. The highest BCUT2D eigenvalue weighted by atomic mass is 32.1. The van der Waals surface area contributed by atoms with Crippen molar-refractivity contribution in [2.24, 2.45) is 0 Å². The van der Waals surface area contributed by atoms with E-state index in [1.54, 1.807) is 0 Å². The third-order valence-corrected chi connectivity index (χ3v) is 4.52. The number of halogens is 1. The van der Waals surface area contributed by atoms with Gasteiger partial charge in [-0.2, -0.15) is 4.39 Å². The van der Waals surface area contributed by atoms with Crippen LogP contribution < -0.4 is 5.32 Å². The molecule has 0 spiro atoms. The maximum Gasteiger partial charge on any atom is 0.257 e. The Hall–Kier alpha value is -3.12. The monoisotopic (exact) mass is 349 g/mol. The summed E-state index contributed by atoms with van der Waals surface area (Å²) in [6, 6.07) is 16.7. The van der Waals surface area contributed by atoms with Gasteiger partial charge in [-0.1, -0.05) is 36.4 Å². The van der Waals surface area contributed by atoms with E-state index in [2.05, 4.69) is 27.4 Å². The maximum absolute atomic E-state index is 13.1. The normalized spacial score (nSPS) is 10.8. The van der Waals surface area contributed by atoms with Crippen LogP contribution in [0.5, 0.6) is 0 Å². The van der Waals surface area contributed by atoms with Gasteiger partial charge in [-0.25, -0.2) is 9.97 Å². The molecule has 0 saturated carbocycles. The van der Waals surface area contributed by atoms with Crippen LogP contribution in [0, 0.1) is 5.95 Å². The third-order valence-electron chi connectivity index (χ3n) is 3.76. The zero-order valence-corrected chi connectivity index (χ0v) is 13.8. The SMILES string of the molecule is O=C(Nc1nc(-c2ccc3ccccc3c2)cs1)c1ccnc(F)c1. The molecule has 0 bridgehead atoms. The van der Waals surface area contributed by atoms with Gasteiger partial charge in [0.2, 0.25) is 5.95 Å². The largest absolute Gasteiger partial charge is 0.298 e. The molecule has 4 aromatic rings. The Bertz CT molecular complexity index is 1080. The first-order valence-electron chi connectivity index (χ1n) is 7.57. The van der Waals surface area contributed by atoms with Gasteiger partial charge in [-0.3, -0.25) is 10.1 Å². The maximum atomic E-state index is 13.1. The Kier molecular flexibility index (Phi) is 3.95. The number of carbonyl (C=O) groups excluding carboxylic acids is 1. The number of nitrogens with zero attached hydrogens (tertiary/aromatic N) is 2. The number of nitrogens with one attached hydrogen (secondary N) is 1. The zero-order valence-electron chi connectivity index (χ0n) is 12.9. The molecule has 0 aliphatic heterocycles. The Balaban J connectivity index is 1.58. The molecule has 0 saturated heterocycles. The lowest BCUT2D eigenvalue weighted by atomic mass is 10.1. The molecule has 6 heteroatoms. The van der Waals surface area contributed by atoms with E-state index in [0.717, 1.165) is 28.1 Å².